The van der Waals surface area contributed by atoms with Crippen molar-refractivity contribution < 1.29 is 23.9 Å². The van der Waals surface area contributed by atoms with Gasteiger partial charge in [-0.1, -0.05) is 12.1 Å². The van der Waals surface area contributed by atoms with Crippen molar-refractivity contribution in [1.29, 1.82) is 0 Å². The molecule has 3 N–H and O–H groups in total. The highest BCUT2D eigenvalue weighted by Crippen LogP contribution is 2.39. The minimum Gasteiger partial charge on any atom is -0.501 e. The maximum atomic E-state index is 13.1. The summed E-state index contributed by atoms with van der Waals surface area (Å²) in [6.45, 7) is 3.96. The largest absolute Gasteiger partial charge is 0.501 e. The summed E-state index contributed by atoms with van der Waals surface area (Å²) < 4.78 is 14.5. The van der Waals surface area contributed by atoms with Crippen molar-refractivity contribution in [2.24, 2.45) is 5.92 Å². The summed E-state index contributed by atoms with van der Waals surface area (Å²) >= 11 is 0. The number of nitrogens with one attached hydrogen (secondary N) is 2. The second kappa shape index (κ2) is 10.1. The van der Waals surface area contributed by atoms with Crippen molar-refractivity contribution in [2.45, 2.75) is 64.2 Å². The average Bonchev–Trinajstić information content (AvgIpc) is 3.12. The van der Waals surface area contributed by atoms with E-state index in [0.29, 0.717) is 30.8 Å². The molecule has 3 unspecified atom stereocenters. The van der Waals surface area contributed by atoms with E-state index in [1.165, 1.54) is 33.7 Å². The minimum atomic E-state index is -0.745. The number of carbonyl (C=O) groups excluding carboxylic acids is 3. The third-order valence-electron chi connectivity index (χ3n) is 7.09. The summed E-state index contributed by atoms with van der Waals surface area (Å²) in [5.74, 6) is -3.33. The standard InChI is InChI=1S/C25H30FN5O5/c1-13(2)30(3)25(36)23(34)28-18-10-15-6-9-17(18)21-29-19(20(32)24(35)31(21)12-15)22(33)27-11-14-4-7-16(26)8-5-14/h4-5,7-8,13,15,17-18,32H,6,9-12H2,1-3H3,(H,27,33)(H,28,34). The minimum absolute atomic E-state index is 0.0442. The Morgan fingerprint density at radius 3 is 2.58 bits per heavy atom. The highest BCUT2D eigenvalue weighted by Gasteiger charge is 2.41. The first-order valence-electron chi connectivity index (χ1n) is 12.0. The molecule has 1 aromatic carbocycles. The number of hydrogen-bond donors (Lipinski definition) is 3. The Labute approximate surface area is 207 Å². The maximum absolute atomic E-state index is 13.1. The van der Waals surface area contributed by atoms with E-state index >= 15 is 0 Å². The summed E-state index contributed by atoms with van der Waals surface area (Å²) in [6, 6.07) is 4.97. The van der Waals surface area contributed by atoms with Crippen LogP contribution in [-0.4, -0.2) is 56.4 Å². The number of carbonyl (C=O) groups is 3. The fourth-order valence-corrected chi connectivity index (χ4v) is 4.82. The lowest BCUT2D eigenvalue weighted by molar-refractivity contribution is -0.146. The number of rotatable bonds is 5. The molecule has 0 saturated heterocycles. The van der Waals surface area contributed by atoms with Gasteiger partial charge in [-0.2, -0.15) is 0 Å². The molecular formula is C25H30FN5O5. The van der Waals surface area contributed by atoms with Crippen molar-refractivity contribution in [3.8, 4) is 5.75 Å². The number of amides is 3. The molecule has 11 heteroatoms. The van der Waals surface area contributed by atoms with Gasteiger partial charge in [0.1, 0.15) is 11.6 Å². The van der Waals surface area contributed by atoms with Crippen LogP contribution in [0.15, 0.2) is 29.1 Å². The van der Waals surface area contributed by atoms with E-state index in [9.17, 15) is 28.7 Å². The van der Waals surface area contributed by atoms with Gasteiger partial charge in [-0.3, -0.25) is 23.7 Å². The van der Waals surface area contributed by atoms with Crippen LogP contribution in [0.25, 0.3) is 0 Å². The fraction of sp³-hybridized carbons (Fsp3) is 0.480. The second-order valence-corrected chi connectivity index (χ2v) is 9.77. The van der Waals surface area contributed by atoms with E-state index in [4.69, 9.17) is 0 Å². The molecular weight excluding hydrogens is 469 g/mol. The Bertz CT molecular complexity index is 1240. The second-order valence-electron chi connectivity index (χ2n) is 9.77. The van der Waals surface area contributed by atoms with Gasteiger partial charge < -0.3 is 20.6 Å². The van der Waals surface area contributed by atoms with Gasteiger partial charge in [0.15, 0.2) is 5.69 Å². The molecule has 3 atom stereocenters. The van der Waals surface area contributed by atoms with Gasteiger partial charge in [0.25, 0.3) is 11.5 Å². The summed E-state index contributed by atoms with van der Waals surface area (Å²) in [7, 11) is 1.56. The first kappa shape index (κ1) is 25.3. The molecule has 0 spiro atoms. The lowest BCUT2D eigenvalue weighted by Gasteiger charge is -2.32. The molecule has 10 nitrogen and oxygen atoms in total. The lowest BCUT2D eigenvalue weighted by atomic mass is 9.79. The van der Waals surface area contributed by atoms with Crippen LogP contribution in [-0.2, 0) is 22.7 Å². The molecule has 1 aromatic heterocycles. The van der Waals surface area contributed by atoms with Crippen LogP contribution in [0.2, 0.25) is 0 Å². The number of nitrogens with zero attached hydrogens (tertiary/aromatic N) is 3. The van der Waals surface area contributed by atoms with Crippen molar-refractivity contribution in [3.05, 3.63) is 57.5 Å². The molecule has 3 amide bonds. The van der Waals surface area contributed by atoms with E-state index in [1.807, 2.05) is 0 Å². The van der Waals surface area contributed by atoms with Crippen molar-refractivity contribution in [3.63, 3.8) is 0 Å². The summed E-state index contributed by atoms with van der Waals surface area (Å²) in [5.41, 5.74) is -0.487. The number of aromatic hydroxyl groups is 1. The molecule has 3 aliphatic rings. The number of hydrogen-bond acceptors (Lipinski definition) is 6. The van der Waals surface area contributed by atoms with Gasteiger partial charge in [0.2, 0.25) is 5.75 Å². The van der Waals surface area contributed by atoms with E-state index < -0.39 is 52.5 Å². The molecule has 0 radical (unpaired) electrons. The predicted molar refractivity (Wildman–Crippen MR) is 128 cm³/mol. The molecule has 5 rings (SSSR count). The van der Waals surface area contributed by atoms with Crippen LogP contribution in [0.3, 0.4) is 0 Å². The van der Waals surface area contributed by atoms with Crippen molar-refractivity contribution >= 4 is 17.7 Å². The van der Waals surface area contributed by atoms with E-state index in [2.05, 4.69) is 15.6 Å². The number of likely N-dealkylation sites (N-methyl/N-ethyl adjacent to an activating group) is 1. The summed E-state index contributed by atoms with van der Waals surface area (Å²) in [6.07, 6.45) is 1.94. The monoisotopic (exact) mass is 499 g/mol. The number of benzene rings is 1. The molecule has 1 fully saturated rings. The normalized spacial score (nSPS) is 20.4. The third-order valence-corrected chi connectivity index (χ3v) is 7.09. The van der Waals surface area contributed by atoms with Gasteiger partial charge >= 0.3 is 11.8 Å². The zero-order valence-corrected chi connectivity index (χ0v) is 20.5. The average molecular weight is 500 g/mol. The van der Waals surface area contributed by atoms with Crippen molar-refractivity contribution in [2.75, 3.05) is 7.05 Å². The highest BCUT2D eigenvalue weighted by molar-refractivity contribution is 6.35. The Kier molecular flexibility index (Phi) is 7.09. The van der Waals surface area contributed by atoms with Gasteiger partial charge in [-0.15, -0.1) is 0 Å². The highest BCUT2D eigenvalue weighted by atomic mass is 19.1. The van der Waals surface area contributed by atoms with Gasteiger partial charge in [0.05, 0.1) is 0 Å². The van der Waals surface area contributed by atoms with Crippen LogP contribution in [0, 0.1) is 11.7 Å². The van der Waals surface area contributed by atoms with Crippen LogP contribution < -0.4 is 16.2 Å². The number of halogens is 1. The molecule has 3 heterocycles. The summed E-state index contributed by atoms with van der Waals surface area (Å²) in [5, 5.41) is 15.9. The van der Waals surface area contributed by atoms with Crippen LogP contribution in [0.1, 0.15) is 60.9 Å². The van der Waals surface area contributed by atoms with E-state index in [0.717, 1.165) is 6.42 Å². The quantitative estimate of drug-likeness (QED) is 0.531. The zero-order valence-electron chi connectivity index (χ0n) is 20.5. The molecule has 192 valence electrons. The van der Waals surface area contributed by atoms with Gasteiger partial charge in [-0.25, -0.2) is 9.37 Å². The molecule has 36 heavy (non-hydrogen) atoms. The van der Waals surface area contributed by atoms with E-state index in [1.54, 1.807) is 20.9 Å². The fourth-order valence-electron chi connectivity index (χ4n) is 4.82. The molecule has 2 bridgehead atoms. The van der Waals surface area contributed by atoms with Crippen LogP contribution >= 0.6 is 0 Å². The Hall–Kier alpha value is -3.76. The van der Waals surface area contributed by atoms with Crippen LogP contribution in [0.4, 0.5) is 4.39 Å². The third kappa shape index (κ3) is 4.95. The Morgan fingerprint density at radius 1 is 1.22 bits per heavy atom. The summed E-state index contributed by atoms with van der Waals surface area (Å²) in [4.78, 5) is 56.8. The smallest absolute Gasteiger partial charge is 0.311 e. The first-order chi connectivity index (χ1) is 17.1. The van der Waals surface area contributed by atoms with E-state index in [-0.39, 0.29) is 18.5 Å². The zero-order chi connectivity index (χ0) is 26.1. The number of fused-ring (bicyclic) bond motifs is 2. The Balaban J connectivity index is 1.59. The molecule has 1 saturated carbocycles. The molecule has 2 aliphatic heterocycles. The maximum Gasteiger partial charge on any atom is 0.311 e. The lowest BCUT2D eigenvalue weighted by Crippen LogP contribution is -2.50. The van der Waals surface area contributed by atoms with Crippen LogP contribution in [0.5, 0.6) is 5.75 Å². The molecule has 1 aliphatic carbocycles. The predicted octanol–water partition coefficient (Wildman–Crippen LogP) is 1.27. The first-order valence-corrected chi connectivity index (χ1v) is 12.0. The van der Waals surface area contributed by atoms with Gasteiger partial charge in [0, 0.05) is 38.1 Å². The topological polar surface area (TPSA) is 134 Å². The molecule has 2 aromatic rings. The van der Waals surface area contributed by atoms with Crippen molar-refractivity contribution in [1.82, 2.24) is 25.1 Å². The number of aromatic nitrogens is 2. The SMILES string of the molecule is CC(C)N(C)C(=O)C(=O)NC1CC2CCC1c1nc(C(=O)NCc3ccc(F)cc3)c(O)c(=O)n1C2. The van der Waals surface area contributed by atoms with Gasteiger partial charge in [-0.05, 0) is 56.7 Å². The Morgan fingerprint density at radius 2 is 1.92 bits per heavy atom.